The van der Waals surface area contributed by atoms with E-state index >= 15 is 0 Å². The lowest BCUT2D eigenvalue weighted by Crippen LogP contribution is -2.57. The summed E-state index contributed by atoms with van der Waals surface area (Å²) in [4.78, 5) is 15.7. The van der Waals surface area contributed by atoms with Crippen molar-refractivity contribution in [2.75, 3.05) is 38.6 Å². The second-order valence-corrected chi connectivity index (χ2v) is 4.61. The van der Waals surface area contributed by atoms with Gasteiger partial charge in [-0.3, -0.25) is 9.69 Å². The van der Waals surface area contributed by atoms with E-state index in [1.165, 1.54) is 12.1 Å². The number of benzene rings is 1. The Labute approximate surface area is 106 Å². The average Bonchev–Trinajstić information content (AvgIpc) is 2.33. The number of carbonyl (C=O) groups is 1. The van der Waals surface area contributed by atoms with Gasteiger partial charge in [-0.1, -0.05) is 6.07 Å². The first-order valence-corrected chi connectivity index (χ1v) is 6.02. The number of rotatable bonds is 3. The molecule has 1 aromatic rings. The van der Waals surface area contributed by atoms with Gasteiger partial charge in [0.1, 0.15) is 5.82 Å². The van der Waals surface area contributed by atoms with Crippen molar-refractivity contribution >= 4 is 11.6 Å². The Balaban J connectivity index is 2.19. The lowest BCUT2D eigenvalue weighted by molar-refractivity contribution is -0.121. The van der Waals surface area contributed by atoms with Crippen LogP contribution in [0.1, 0.15) is 0 Å². The molecule has 98 valence electrons. The Kier molecular flexibility index (Phi) is 3.93. The molecule has 1 fully saturated rings. The molecule has 1 aliphatic heterocycles. The van der Waals surface area contributed by atoms with Crippen LogP contribution in [0.25, 0.3) is 0 Å². The van der Waals surface area contributed by atoms with Gasteiger partial charge < -0.3 is 10.2 Å². The quantitative estimate of drug-likeness (QED) is 0.858. The van der Waals surface area contributed by atoms with E-state index in [0.717, 1.165) is 6.54 Å². The summed E-state index contributed by atoms with van der Waals surface area (Å²) in [6.45, 7) is 1.75. The molecule has 0 saturated carbocycles. The Hall–Kier alpha value is -1.46. The minimum Gasteiger partial charge on any atom is -0.318 e. The zero-order valence-corrected chi connectivity index (χ0v) is 10.7. The van der Waals surface area contributed by atoms with E-state index in [1.807, 2.05) is 19.0 Å². The molecule has 0 aromatic heterocycles. The second-order valence-electron chi connectivity index (χ2n) is 4.61. The van der Waals surface area contributed by atoms with Gasteiger partial charge in [0.2, 0.25) is 5.91 Å². The smallest absolute Gasteiger partial charge is 0.241 e. The van der Waals surface area contributed by atoms with Crippen LogP contribution in [0.15, 0.2) is 24.3 Å². The highest BCUT2D eigenvalue weighted by Gasteiger charge is 2.30. The molecule has 18 heavy (non-hydrogen) atoms. The Morgan fingerprint density at radius 2 is 2.28 bits per heavy atom. The maximum Gasteiger partial charge on any atom is 0.241 e. The van der Waals surface area contributed by atoms with E-state index in [9.17, 15) is 9.18 Å². The van der Waals surface area contributed by atoms with Crippen molar-refractivity contribution in [2.24, 2.45) is 0 Å². The van der Waals surface area contributed by atoms with E-state index in [2.05, 4.69) is 5.32 Å². The van der Waals surface area contributed by atoms with Crippen molar-refractivity contribution in [1.29, 1.82) is 0 Å². The van der Waals surface area contributed by atoms with Crippen molar-refractivity contribution in [3.05, 3.63) is 30.1 Å². The Bertz CT molecular complexity index is 438. The Morgan fingerprint density at radius 1 is 1.50 bits per heavy atom. The molecule has 1 amide bonds. The van der Waals surface area contributed by atoms with Crippen LogP contribution in [0, 0.1) is 5.82 Å². The lowest BCUT2D eigenvalue weighted by Gasteiger charge is -2.39. The van der Waals surface area contributed by atoms with E-state index in [0.29, 0.717) is 18.8 Å². The van der Waals surface area contributed by atoms with Gasteiger partial charge in [0.25, 0.3) is 0 Å². The van der Waals surface area contributed by atoms with Gasteiger partial charge in [-0.25, -0.2) is 4.39 Å². The topological polar surface area (TPSA) is 35.6 Å². The summed E-state index contributed by atoms with van der Waals surface area (Å²) in [6.07, 6.45) is 0. The molecule has 4 nitrogen and oxygen atoms in total. The molecule has 1 atom stereocenters. The largest absolute Gasteiger partial charge is 0.318 e. The maximum atomic E-state index is 13.2. The highest BCUT2D eigenvalue weighted by Crippen LogP contribution is 2.20. The first-order chi connectivity index (χ1) is 8.61. The van der Waals surface area contributed by atoms with Gasteiger partial charge in [0.05, 0.1) is 6.54 Å². The number of anilines is 1. The standard InChI is InChI=1S/C13H18FN3O/c1-15-7-12-8-17(13(18)9-16(12)2)11-5-3-4-10(14)6-11/h3-6,12,15H,7-9H2,1-2H3. The van der Waals surface area contributed by atoms with Crippen molar-refractivity contribution in [1.82, 2.24) is 10.2 Å². The zero-order valence-electron chi connectivity index (χ0n) is 10.7. The van der Waals surface area contributed by atoms with Crippen molar-refractivity contribution in [3.63, 3.8) is 0 Å². The number of nitrogens with zero attached hydrogens (tertiary/aromatic N) is 2. The van der Waals surface area contributed by atoms with Crippen LogP contribution in [-0.2, 0) is 4.79 Å². The molecular weight excluding hydrogens is 233 g/mol. The van der Waals surface area contributed by atoms with Crippen LogP contribution < -0.4 is 10.2 Å². The molecule has 0 radical (unpaired) electrons. The predicted molar refractivity (Wildman–Crippen MR) is 69.1 cm³/mol. The summed E-state index contributed by atoms with van der Waals surface area (Å²) in [5.41, 5.74) is 0.634. The van der Waals surface area contributed by atoms with Gasteiger partial charge in [-0.15, -0.1) is 0 Å². The third kappa shape index (κ3) is 2.68. The van der Waals surface area contributed by atoms with Gasteiger partial charge in [-0.05, 0) is 32.3 Å². The highest BCUT2D eigenvalue weighted by molar-refractivity contribution is 5.95. The summed E-state index contributed by atoms with van der Waals surface area (Å²) in [7, 11) is 3.82. The number of piperazine rings is 1. The van der Waals surface area contributed by atoms with E-state index in [1.54, 1.807) is 17.0 Å². The molecule has 1 aliphatic rings. The van der Waals surface area contributed by atoms with Crippen LogP contribution in [0.2, 0.25) is 0 Å². The molecule has 1 unspecified atom stereocenters. The van der Waals surface area contributed by atoms with Crippen molar-refractivity contribution in [2.45, 2.75) is 6.04 Å². The molecule has 2 rings (SSSR count). The monoisotopic (exact) mass is 251 g/mol. The lowest BCUT2D eigenvalue weighted by atomic mass is 10.1. The van der Waals surface area contributed by atoms with Crippen LogP contribution in [0.3, 0.4) is 0 Å². The Morgan fingerprint density at radius 3 is 2.94 bits per heavy atom. The van der Waals surface area contributed by atoms with Gasteiger partial charge in [0, 0.05) is 24.8 Å². The molecule has 1 heterocycles. The highest BCUT2D eigenvalue weighted by atomic mass is 19.1. The fraction of sp³-hybridized carbons (Fsp3) is 0.462. The van der Waals surface area contributed by atoms with Gasteiger partial charge in [-0.2, -0.15) is 0 Å². The van der Waals surface area contributed by atoms with E-state index in [-0.39, 0.29) is 17.8 Å². The molecule has 1 aromatic carbocycles. The van der Waals surface area contributed by atoms with Crippen LogP contribution in [-0.4, -0.2) is 50.6 Å². The molecule has 1 N–H and O–H groups in total. The normalized spacial score (nSPS) is 21.4. The van der Waals surface area contributed by atoms with Crippen LogP contribution in [0.5, 0.6) is 0 Å². The van der Waals surface area contributed by atoms with Crippen molar-refractivity contribution in [3.8, 4) is 0 Å². The second kappa shape index (κ2) is 5.46. The van der Waals surface area contributed by atoms with Crippen molar-refractivity contribution < 1.29 is 9.18 Å². The number of likely N-dealkylation sites (N-methyl/N-ethyl adjacent to an activating group) is 2. The number of nitrogens with one attached hydrogen (secondary N) is 1. The average molecular weight is 251 g/mol. The minimum absolute atomic E-state index is 0.00968. The number of amides is 1. The zero-order chi connectivity index (χ0) is 13.1. The molecule has 5 heteroatoms. The molecular formula is C13H18FN3O. The predicted octanol–water partition coefficient (Wildman–Crippen LogP) is 0.692. The first-order valence-electron chi connectivity index (χ1n) is 6.02. The van der Waals surface area contributed by atoms with E-state index in [4.69, 9.17) is 0 Å². The molecule has 1 saturated heterocycles. The number of hydrogen-bond acceptors (Lipinski definition) is 3. The molecule has 0 spiro atoms. The number of carbonyl (C=O) groups excluding carboxylic acids is 1. The first kappa shape index (κ1) is 13.0. The van der Waals surface area contributed by atoms with Gasteiger partial charge >= 0.3 is 0 Å². The van der Waals surface area contributed by atoms with Crippen LogP contribution in [0.4, 0.5) is 10.1 Å². The van der Waals surface area contributed by atoms with E-state index < -0.39 is 0 Å². The summed E-state index contributed by atoms with van der Waals surface area (Å²) >= 11 is 0. The summed E-state index contributed by atoms with van der Waals surface area (Å²) in [6, 6.07) is 6.43. The SMILES string of the molecule is CNCC1CN(c2cccc(F)c2)C(=O)CN1C. The van der Waals surface area contributed by atoms with Gasteiger partial charge in [0.15, 0.2) is 0 Å². The third-order valence-electron chi connectivity index (χ3n) is 3.26. The minimum atomic E-state index is -0.315. The summed E-state index contributed by atoms with van der Waals surface area (Å²) in [5, 5.41) is 3.11. The molecule has 0 aliphatic carbocycles. The maximum absolute atomic E-state index is 13.2. The van der Waals surface area contributed by atoms with Crippen LogP contribution >= 0.6 is 0 Å². The number of hydrogen-bond donors (Lipinski definition) is 1. The molecule has 0 bridgehead atoms. The fourth-order valence-electron chi connectivity index (χ4n) is 2.23. The summed E-state index contributed by atoms with van der Waals surface area (Å²) in [5.74, 6) is -0.306. The fourth-order valence-corrected chi connectivity index (χ4v) is 2.23. The summed E-state index contributed by atoms with van der Waals surface area (Å²) < 4.78 is 13.2. The third-order valence-corrected chi connectivity index (χ3v) is 3.26. The number of halogens is 1.